The molecule has 96 valence electrons. The lowest BCUT2D eigenvalue weighted by molar-refractivity contribution is 0.808. The maximum atomic E-state index is 4.29. The molecule has 0 spiro atoms. The highest BCUT2D eigenvalue weighted by Gasteiger charge is 2.04. The van der Waals surface area contributed by atoms with Crippen LogP contribution in [0.25, 0.3) is 21.5 Å². The molecule has 1 heteroatoms. The van der Waals surface area contributed by atoms with Gasteiger partial charge in [0.15, 0.2) is 0 Å². The van der Waals surface area contributed by atoms with Crippen molar-refractivity contribution in [2.75, 3.05) is 5.75 Å². The van der Waals surface area contributed by atoms with Crippen molar-refractivity contribution >= 4 is 34.2 Å². The zero-order chi connectivity index (χ0) is 13.1. The Labute approximate surface area is 119 Å². The molecule has 0 unspecified atom stereocenters. The van der Waals surface area contributed by atoms with Crippen LogP contribution in [-0.4, -0.2) is 5.75 Å². The molecule has 0 fully saturated rings. The van der Waals surface area contributed by atoms with E-state index in [0.29, 0.717) is 0 Å². The first-order chi connectivity index (χ1) is 9.40. The molecule has 0 nitrogen and oxygen atoms in total. The van der Waals surface area contributed by atoms with Crippen LogP contribution in [0.2, 0.25) is 0 Å². The summed E-state index contributed by atoms with van der Waals surface area (Å²) in [6.07, 6.45) is 3.55. The van der Waals surface area contributed by atoms with E-state index >= 15 is 0 Å². The molecular formula is C18H18S. The minimum atomic E-state index is 0.980. The highest BCUT2D eigenvalue weighted by molar-refractivity contribution is 7.80. The Morgan fingerprint density at radius 3 is 2.42 bits per heavy atom. The van der Waals surface area contributed by atoms with E-state index in [4.69, 9.17) is 0 Å². The van der Waals surface area contributed by atoms with Crippen LogP contribution in [0.5, 0.6) is 0 Å². The second kappa shape index (κ2) is 5.66. The van der Waals surface area contributed by atoms with Gasteiger partial charge in [-0.1, -0.05) is 54.6 Å². The average Bonchev–Trinajstić information content (AvgIpc) is 2.47. The van der Waals surface area contributed by atoms with Gasteiger partial charge in [0.25, 0.3) is 0 Å². The first-order valence-corrected chi connectivity index (χ1v) is 7.53. The van der Waals surface area contributed by atoms with Gasteiger partial charge in [-0.15, -0.1) is 0 Å². The quantitative estimate of drug-likeness (QED) is 0.372. The molecule has 0 heterocycles. The van der Waals surface area contributed by atoms with Crippen LogP contribution >= 0.6 is 12.6 Å². The molecular weight excluding hydrogens is 248 g/mol. The highest BCUT2D eigenvalue weighted by Crippen LogP contribution is 2.28. The number of thiol groups is 1. The monoisotopic (exact) mass is 266 g/mol. The minimum Gasteiger partial charge on any atom is -0.179 e. The summed E-state index contributed by atoms with van der Waals surface area (Å²) in [5.74, 6) is 0.980. The van der Waals surface area contributed by atoms with Crippen LogP contribution in [-0.2, 0) is 6.42 Å². The topological polar surface area (TPSA) is 0 Å². The Balaban J connectivity index is 2.12. The molecule has 0 bridgehead atoms. The van der Waals surface area contributed by atoms with Gasteiger partial charge in [-0.3, -0.25) is 0 Å². The summed E-state index contributed by atoms with van der Waals surface area (Å²) in [6, 6.07) is 19.8. The third kappa shape index (κ3) is 2.48. The molecule has 0 aliphatic rings. The van der Waals surface area contributed by atoms with Crippen LogP contribution in [0.1, 0.15) is 18.4 Å². The molecule has 19 heavy (non-hydrogen) atoms. The summed E-state index contributed by atoms with van der Waals surface area (Å²) >= 11 is 4.29. The molecule has 3 rings (SSSR count). The minimum absolute atomic E-state index is 0.980. The van der Waals surface area contributed by atoms with E-state index < -0.39 is 0 Å². The zero-order valence-electron chi connectivity index (χ0n) is 11.0. The van der Waals surface area contributed by atoms with Crippen molar-refractivity contribution < 1.29 is 0 Å². The molecule has 0 saturated carbocycles. The number of benzene rings is 3. The van der Waals surface area contributed by atoms with E-state index in [1.54, 1.807) is 0 Å². The zero-order valence-corrected chi connectivity index (χ0v) is 11.9. The van der Waals surface area contributed by atoms with Crippen molar-refractivity contribution in [1.82, 2.24) is 0 Å². The van der Waals surface area contributed by atoms with E-state index in [1.807, 2.05) is 0 Å². The molecule has 3 aromatic rings. The van der Waals surface area contributed by atoms with Gasteiger partial charge in [-0.05, 0) is 52.1 Å². The van der Waals surface area contributed by atoms with Crippen LogP contribution in [0, 0.1) is 0 Å². The Bertz CT molecular complexity index is 700. The molecule has 0 saturated heterocycles. The Morgan fingerprint density at radius 1 is 0.684 bits per heavy atom. The molecule has 0 aliphatic carbocycles. The number of unbranched alkanes of at least 4 members (excludes halogenated alkanes) is 1. The van der Waals surface area contributed by atoms with Crippen LogP contribution in [0.3, 0.4) is 0 Å². The first kappa shape index (κ1) is 12.6. The van der Waals surface area contributed by atoms with Crippen molar-refractivity contribution in [2.45, 2.75) is 19.3 Å². The molecule has 0 N–H and O–H groups in total. The van der Waals surface area contributed by atoms with E-state index in [2.05, 4.69) is 67.2 Å². The van der Waals surface area contributed by atoms with E-state index in [1.165, 1.54) is 39.9 Å². The van der Waals surface area contributed by atoms with Crippen molar-refractivity contribution in [1.29, 1.82) is 0 Å². The number of rotatable bonds is 4. The van der Waals surface area contributed by atoms with Crippen LogP contribution in [0.4, 0.5) is 0 Å². The normalized spacial score (nSPS) is 11.2. The second-order valence-electron chi connectivity index (χ2n) is 4.98. The van der Waals surface area contributed by atoms with Gasteiger partial charge in [-0.25, -0.2) is 0 Å². The van der Waals surface area contributed by atoms with E-state index in [0.717, 1.165) is 12.2 Å². The smallest absolute Gasteiger partial charge is 0.00978 e. The summed E-state index contributed by atoms with van der Waals surface area (Å²) in [6.45, 7) is 0. The van der Waals surface area contributed by atoms with Gasteiger partial charge in [0.05, 0.1) is 0 Å². The Hall–Kier alpha value is -1.47. The van der Waals surface area contributed by atoms with Crippen molar-refractivity contribution in [3.8, 4) is 0 Å². The summed E-state index contributed by atoms with van der Waals surface area (Å²) in [5.41, 5.74) is 1.46. The fraction of sp³-hybridized carbons (Fsp3) is 0.222. The third-order valence-corrected chi connectivity index (χ3v) is 4.05. The maximum absolute atomic E-state index is 4.29. The lowest BCUT2D eigenvalue weighted by Gasteiger charge is -2.09. The highest BCUT2D eigenvalue weighted by atomic mass is 32.1. The fourth-order valence-electron chi connectivity index (χ4n) is 2.75. The van der Waals surface area contributed by atoms with Gasteiger partial charge in [0.1, 0.15) is 0 Å². The largest absolute Gasteiger partial charge is 0.179 e. The summed E-state index contributed by atoms with van der Waals surface area (Å²) < 4.78 is 0. The lowest BCUT2D eigenvalue weighted by Crippen LogP contribution is -1.89. The second-order valence-corrected chi connectivity index (χ2v) is 5.43. The number of hydrogen-bond acceptors (Lipinski definition) is 1. The summed E-state index contributed by atoms with van der Waals surface area (Å²) in [7, 11) is 0. The summed E-state index contributed by atoms with van der Waals surface area (Å²) in [5, 5.41) is 5.46. The Kier molecular flexibility index (Phi) is 3.74. The maximum Gasteiger partial charge on any atom is -0.00978 e. The van der Waals surface area contributed by atoms with Gasteiger partial charge in [-0.2, -0.15) is 12.6 Å². The van der Waals surface area contributed by atoms with E-state index in [9.17, 15) is 0 Å². The van der Waals surface area contributed by atoms with E-state index in [-0.39, 0.29) is 0 Å². The van der Waals surface area contributed by atoms with Gasteiger partial charge >= 0.3 is 0 Å². The van der Waals surface area contributed by atoms with Gasteiger partial charge in [0, 0.05) is 0 Å². The lowest BCUT2D eigenvalue weighted by atomic mass is 9.96. The summed E-state index contributed by atoms with van der Waals surface area (Å²) in [4.78, 5) is 0. The standard InChI is InChI=1S/C18H18S/c19-13-4-3-7-14-8-5-10-18-16-9-2-1-6-15(16)11-12-17(14)18/h1-2,5-6,8-12,19H,3-4,7,13H2. The third-order valence-electron chi connectivity index (χ3n) is 3.73. The van der Waals surface area contributed by atoms with Crippen molar-refractivity contribution in [3.63, 3.8) is 0 Å². The number of aryl methyl sites for hydroxylation is 1. The fourth-order valence-corrected chi connectivity index (χ4v) is 2.97. The van der Waals surface area contributed by atoms with Gasteiger partial charge in [0.2, 0.25) is 0 Å². The molecule has 0 aromatic heterocycles. The molecule has 0 aliphatic heterocycles. The average molecular weight is 266 g/mol. The molecule has 0 atom stereocenters. The van der Waals surface area contributed by atoms with Crippen molar-refractivity contribution in [2.24, 2.45) is 0 Å². The molecule has 3 aromatic carbocycles. The number of fused-ring (bicyclic) bond motifs is 3. The number of hydrogen-bond donors (Lipinski definition) is 1. The van der Waals surface area contributed by atoms with Crippen molar-refractivity contribution in [3.05, 3.63) is 60.2 Å². The Morgan fingerprint density at radius 2 is 1.53 bits per heavy atom. The van der Waals surface area contributed by atoms with Crippen LogP contribution < -0.4 is 0 Å². The predicted molar refractivity (Wildman–Crippen MR) is 88.2 cm³/mol. The first-order valence-electron chi connectivity index (χ1n) is 6.90. The van der Waals surface area contributed by atoms with Gasteiger partial charge < -0.3 is 0 Å². The SMILES string of the molecule is SCCCCc1cccc2c1ccc1ccccc12. The molecule has 0 radical (unpaired) electrons. The predicted octanol–water partition coefficient (Wildman–Crippen LogP) is 5.25. The van der Waals surface area contributed by atoms with Crippen LogP contribution in [0.15, 0.2) is 54.6 Å². The molecule has 0 amide bonds.